The summed E-state index contributed by atoms with van der Waals surface area (Å²) in [6.45, 7) is 0. The van der Waals surface area contributed by atoms with Gasteiger partial charge in [-0.2, -0.15) is 5.10 Å². The lowest BCUT2D eigenvalue weighted by Crippen LogP contribution is -2.23. The number of fused-ring (bicyclic) bond motifs is 1. The summed E-state index contributed by atoms with van der Waals surface area (Å²) in [6, 6.07) is 11.5. The molecule has 26 heavy (non-hydrogen) atoms. The smallest absolute Gasteiger partial charge is 0.271 e. The van der Waals surface area contributed by atoms with Crippen LogP contribution in [0.3, 0.4) is 0 Å². The highest BCUT2D eigenvalue weighted by atomic mass is 16.5. The number of methoxy groups -OCH3 is 3. The van der Waals surface area contributed by atoms with Crippen molar-refractivity contribution in [3.8, 4) is 17.2 Å². The normalized spacial score (nSPS) is 14.5. The number of nitrogens with one attached hydrogen (secondary N) is 1. The minimum atomic E-state index is -0.324. The Bertz CT molecular complexity index is 820. The van der Waals surface area contributed by atoms with E-state index in [1.807, 2.05) is 12.1 Å². The Balaban J connectivity index is 1.76. The van der Waals surface area contributed by atoms with Crippen LogP contribution in [0.4, 0.5) is 0 Å². The summed E-state index contributed by atoms with van der Waals surface area (Å²) in [5, 5.41) is 4.32. The summed E-state index contributed by atoms with van der Waals surface area (Å²) in [7, 11) is 4.55. The zero-order chi connectivity index (χ0) is 18.5. The molecule has 0 saturated carbocycles. The molecular weight excluding hydrogens is 332 g/mol. The molecule has 6 nitrogen and oxygen atoms in total. The first-order valence-corrected chi connectivity index (χ1v) is 8.38. The van der Waals surface area contributed by atoms with E-state index < -0.39 is 0 Å². The highest BCUT2D eigenvalue weighted by molar-refractivity contribution is 5.97. The minimum absolute atomic E-state index is 0.324. The Hall–Kier alpha value is -3.02. The number of hydrazone groups is 1. The predicted octanol–water partition coefficient (Wildman–Crippen LogP) is 2.99. The van der Waals surface area contributed by atoms with Gasteiger partial charge in [-0.1, -0.05) is 24.3 Å². The molecule has 0 bridgehead atoms. The first kappa shape index (κ1) is 17.8. The van der Waals surface area contributed by atoms with Gasteiger partial charge in [0.15, 0.2) is 11.5 Å². The van der Waals surface area contributed by atoms with Crippen molar-refractivity contribution < 1.29 is 19.0 Å². The summed E-state index contributed by atoms with van der Waals surface area (Å²) in [5.41, 5.74) is 6.60. The molecule has 0 spiro atoms. The van der Waals surface area contributed by atoms with Crippen LogP contribution in [0.5, 0.6) is 17.2 Å². The van der Waals surface area contributed by atoms with E-state index in [1.54, 1.807) is 12.1 Å². The van der Waals surface area contributed by atoms with Gasteiger partial charge in [-0.15, -0.1) is 0 Å². The van der Waals surface area contributed by atoms with E-state index in [1.165, 1.54) is 32.5 Å². The Labute approximate surface area is 152 Å². The lowest BCUT2D eigenvalue weighted by molar-refractivity contribution is 0.0954. The molecule has 1 aliphatic carbocycles. The van der Waals surface area contributed by atoms with Crippen LogP contribution in [-0.2, 0) is 12.8 Å². The molecule has 0 fully saturated rings. The largest absolute Gasteiger partial charge is 0.493 e. The number of hydrogen-bond donors (Lipinski definition) is 1. The maximum atomic E-state index is 12.5. The molecule has 1 aliphatic rings. The number of rotatable bonds is 5. The van der Waals surface area contributed by atoms with Gasteiger partial charge in [0, 0.05) is 17.7 Å². The molecule has 2 aromatic rings. The van der Waals surface area contributed by atoms with E-state index in [-0.39, 0.29) is 5.91 Å². The Morgan fingerprint density at radius 3 is 2.23 bits per heavy atom. The van der Waals surface area contributed by atoms with Crippen LogP contribution in [0, 0.1) is 0 Å². The van der Waals surface area contributed by atoms with Crippen molar-refractivity contribution in [3.63, 3.8) is 0 Å². The van der Waals surface area contributed by atoms with Gasteiger partial charge in [0.25, 0.3) is 5.91 Å². The van der Waals surface area contributed by atoms with Gasteiger partial charge in [0.1, 0.15) is 0 Å². The zero-order valence-corrected chi connectivity index (χ0v) is 15.2. The lowest BCUT2D eigenvalue weighted by Gasteiger charge is -2.17. The molecule has 2 aromatic carbocycles. The summed E-state index contributed by atoms with van der Waals surface area (Å²) in [4.78, 5) is 12.5. The second kappa shape index (κ2) is 7.91. The van der Waals surface area contributed by atoms with Gasteiger partial charge in [-0.25, -0.2) is 5.43 Å². The molecule has 3 rings (SSSR count). The maximum absolute atomic E-state index is 12.5. The standard InChI is InChI=1S/C20H22N2O4/c1-24-17-11-15(12-18(25-2)19(17)26-3)20(23)22-21-16-9-8-13-6-4-5-7-14(13)10-16/h4-7,11-12H,8-10H2,1-3H3,(H,22,23)/b21-16-. The fourth-order valence-electron chi connectivity index (χ4n) is 3.06. The van der Waals surface area contributed by atoms with E-state index in [0.29, 0.717) is 22.8 Å². The van der Waals surface area contributed by atoms with Crippen LogP contribution in [0.25, 0.3) is 0 Å². The molecule has 1 N–H and O–H groups in total. The van der Waals surface area contributed by atoms with Crippen LogP contribution >= 0.6 is 0 Å². The highest BCUT2D eigenvalue weighted by Crippen LogP contribution is 2.38. The first-order valence-electron chi connectivity index (χ1n) is 8.38. The molecule has 0 aromatic heterocycles. The van der Waals surface area contributed by atoms with E-state index in [4.69, 9.17) is 14.2 Å². The Morgan fingerprint density at radius 1 is 0.962 bits per heavy atom. The lowest BCUT2D eigenvalue weighted by atomic mass is 9.90. The van der Waals surface area contributed by atoms with E-state index in [0.717, 1.165) is 25.0 Å². The van der Waals surface area contributed by atoms with Gasteiger partial charge < -0.3 is 14.2 Å². The van der Waals surface area contributed by atoms with Crippen molar-refractivity contribution in [2.75, 3.05) is 21.3 Å². The fourth-order valence-corrected chi connectivity index (χ4v) is 3.06. The third-order valence-corrected chi connectivity index (χ3v) is 4.44. The van der Waals surface area contributed by atoms with Crippen LogP contribution in [0.15, 0.2) is 41.5 Å². The summed E-state index contributed by atoms with van der Waals surface area (Å²) in [5.74, 6) is 0.977. The number of benzene rings is 2. The summed E-state index contributed by atoms with van der Waals surface area (Å²) in [6.07, 6.45) is 2.54. The monoisotopic (exact) mass is 354 g/mol. The van der Waals surface area contributed by atoms with Crippen molar-refractivity contribution in [3.05, 3.63) is 53.1 Å². The molecule has 6 heteroatoms. The number of nitrogens with zero attached hydrogens (tertiary/aromatic N) is 1. The molecule has 0 unspecified atom stereocenters. The molecule has 0 heterocycles. The quantitative estimate of drug-likeness (QED) is 0.838. The molecule has 0 aliphatic heterocycles. The highest BCUT2D eigenvalue weighted by Gasteiger charge is 2.18. The van der Waals surface area contributed by atoms with Crippen molar-refractivity contribution in [1.29, 1.82) is 0 Å². The molecule has 1 amide bonds. The van der Waals surface area contributed by atoms with Crippen molar-refractivity contribution in [1.82, 2.24) is 5.43 Å². The SMILES string of the molecule is COc1cc(C(=O)N/N=C2/CCc3ccccc3C2)cc(OC)c1OC. The molecule has 0 saturated heterocycles. The van der Waals surface area contributed by atoms with E-state index in [9.17, 15) is 4.79 Å². The average Bonchev–Trinajstić information content (AvgIpc) is 2.70. The zero-order valence-electron chi connectivity index (χ0n) is 15.2. The molecule has 0 radical (unpaired) electrons. The number of carbonyl (C=O) groups excluding carboxylic acids is 1. The van der Waals surface area contributed by atoms with Gasteiger partial charge in [0.2, 0.25) is 5.75 Å². The average molecular weight is 354 g/mol. The molecular formula is C20H22N2O4. The maximum Gasteiger partial charge on any atom is 0.271 e. The van der Waals surface area contributed by atoms with Gasteiger partial charge in [-0.05, 0) is 36.1 Å². The van der Waals surface area contributed by atoms with Gasteiger partial charge >= 0.3 is 0 Å². The van der Waals surface area contributed by atoms with Crippen LogP contribution in [-0.4, -0.2) is 32.9 Å². The van der Waals surface area contributed by atoms with Crippen LogP contribution in [0.1, 0.15) is 27.9 Å². The summed E-state index contributed by atoms with van der Waals surface area (Å²) >= 11 is 0. The van der Waals surface area contributed by atoms with Crippen LogP contribution < -0.4 is 19.6 Å². The van der Waals surface area contributed by atoms with E-state index >= 15 is 0 Å². The van der Waals surface area contributed by atoms with Crippen molar-refractivity contribution in [2.45, 2.75) is 19.3 Å². The number of carbonyl (C=O) groups is 1. The topological polar surface area (TPSA) is 69.2 Å². The third kappa shape index (κ3) is 3.64. The predicted molar refractivity (Wildman–Crippen MR) is 99.5 cm³/mol. The van der Waals surface area contributed by atoms with Gasteiger partial charge in [0.05, 0.1) is 21.3 Å². The van der Waals surface area contributed by atoms with E-state index in [2.05, 4.69) is 22.7 Å². The Morgan fingerprint density at radius 2 is 1.62 bits per heavy atom. The summed E-state index contributed by atoms with van der Waals surface area (Å²) < 4.78 is 15.8. The number of hydrogen-bond acceptors (Lipinski definition) is 5. The second-order valence-corrected chi connectivity index (χ2v) is 5.98. The van der Waals surface area contributed by atoms with Crippen molar-refractivity contribution in [2.24, 2.45) is 5.10 Å². The fraction of sp³-hybridized carbons (Fsp3) is 0.300. The third-order valence-electron chi connectivity index (χ3n) is 4.44. The number of aryl methyl sites for hydroxylation is 1. The van der Waals surface area contributed by atoms with Crippen molar-refractivity contribution >= 4 is 11.6 Å². The second-order valence-electron chi connectivity index (χ2n) is 5.98. The Kier molecular flexibility index (Phi) is 5.41. The first-order chi connectivity index (χ1) is 12.7. The molecule has 136 valence electrons. The minimum Gasteiger partial charge on any atom is -0.493 e. The van der Waals surface area contributed by atoms with Gasteiger partial charge in [-0.3, -0.25) is 4.79 Å². The number of ether oxygens (including phenoxy) is 3. The molecule has 0 atom stereocenters. The van der Waals surface area contributed by atoms with Crippen LogP contribution in [0.2, 0.25) is 0 Å². The number of amides is 1.